The number of nitrogens with two attached hydrogens (primary N) is 1. The highest BCUT2D eigenvalue weighted by molar-refractivity contribution is 5.80. The molecule has 0 saturated carbocycles. The molecule has 0 heterocycles. The quantitative estimate of drug-likeness (QED) is 0.731. The van der Waals surface area contributed by atoms with E-state index in [1.165, 1.54) is 12.1 Å². The van der Waals surface area contributed by atoms with E-state index in [0.717, 1.165) is 0 Å². The monoisotopic (exact) mass is 240 g/mol. The lowest BCUT2D eigenvalue weighted by atomic mass is 10.3. The van der Waals surface area contributed by atoms with E-state index in [1.54, 1.807) is 19.1 Å². The molecule has 1 rings (SSSR count). The molecule has 0 bridgehead atoms. The van der Waals surface area contributed by atoms with Crippen LogP contribution in [-0.2, 0) is 4.79 Å². The van der Waals surface area contributed by atoms with Gasteiger partial charge in [-0.25, -0.2) is 4.39 Å². The molecule has 0 spiro atoms. The van der Waals surface area contributed by atoms with Crippen molar-refractivity contribution in [3.05, 3.63) is 30.1 Å². The highest BCUT2D eigenvalue weighted by atomic mass is 19.1. The Morgan fingerprint density at radius 2 is 2.12 bits per heavy atom. The first-order chi connectivity index (χ1) is 8.09. The first kappa shape index (κ1) is 13.4. The van der Waals surface area contributed by atoms with E-state index in [1.807, 2.05) is 0 Å². The van der Waals surface area contributed by atoms with Crippen LogP contribution in [0.25, 0.3) is 0 Å². The largest absolute Gasteiger partial charge is 0.494 e. The van der Waals surface area contributed by atoms with Crippen LogP contribution in [0.15, 0.2) is 24.3 Å². The van der Waals surface area contributed by atoms with Gasteiger partial charge in [0.25, 0.3) is 0 Å². The van der Waals surface area contributed by atoms with Crippen LogP contribution in [0.3, 0.4) is 0 Å². The Hall–Kier alpha value is -1.62. The van der Waals surface area contributed by atoms with Gasteiger partial charge in [-0.2, -0.15) is 0 Å². The van der Waals surface area contributed by atoms with Gasteiger partial charge in [0.1, 0.15) is 11.6 Å². The minimum absolute atomic E-state index is 0.174. The zero-order valence-electron chi connectivity index (χ0n) is 9.78. The predicted octanol–water partition coefficient (Wildman–Crippen LogP) is 1.06. The van der Waals surface area contributed by atoms with Crippen LogP contribution >= 0.6 is 0 Å². The molecule has 3 N–H and O–H groups in total. The van der Waals surface area contributed by atoms with E-state index in [0.29, 0.717) is 25.3 Å². The molecule has 1 unspecified atom stereocenters. The minimum Gasteiger partial charge on any atom is -0.494 e. The molecule has 17 heavy (non-hydrogen) atoms. The van der Waals surface area contributed by atoms with Crippen molar-refractivity contribution in [2.75, 3.05) is 13.2 Å². The number of carbonyl (C=O) groups excluding carboxylic acids is 1. The summed E-state index contributed by atoms with van der Waals surface area (Å²) in [5.41, 5.74) is 5.38. The zero-order chi connectivity index (χ0) is 12.7. The third-order valence-corrected chi connectivity index (χ3v) is 2.12. The smallest absolute Gasteiger partial charge is 0.236 e. The molecule has 1 aromatic carbocycles. The zero-order valence-corrected chi connectivity index (χ0v) is 9.78. The Labute approximate surface area is 100.0 Å². The molecule has 94 valence electrons. The van der Waals surface area contributed by atoms with Gasteiger partial charge >= 0.3 is 0 Å². The van der Waals surface area contributed by atoms with Crippen molar-refractivity contribution in [1.82, 2.24) is 5.32 Å². The number of hydrogen-bond donors (Lipinski definition) is 2. The van der Waals surface area contributed by atoms with Crippen LogP contribution in [0, 0.1) is 5.82 Å². The van der Waals surface area contributed by atoms with Gasteiger partial charge in [0, 0.05) is 6.54 Å². The van der Waals surface area contributed by atoms with Gasteiger partial charge in [-0.15, -0.1) is 0 Å². The molecule has 0 fully saturated rings. The summed E-state index contributed by atoms with van der Waals surface area (Å²) in [4.78, 5) is 11.1. The normalized spacial score (nSPS) is 11.9. The van der Waals surface area contributed by atoms with Crippen LogP contribution < -0.4 is 15.8 Å². The molecule has 4 nitrogen and oxygen atoms in total. The Morgan fingerprint density at radius 1 is 1.47 bits per heavy atom. The number of benzene rings is 1. The molecular weight excluding hydrogens is 223 g/mol. The van der Waals surface area contributed by atoms with E-state index in [4.69, 9.17) is 10.5 Å². The van der Waals surface area contributed by atoms with Gasteiger partial charge < -0.3 is 15.8 Å². The number of hydrogen-bond acceptors (Lipinski definition) is 3. The van der Waals surface area contributed by atoms with E-state index < -0.39 is 6.04 Å². The maximum atomic E-state index is 12.6. The lowest BCUT2D eigenvalue weighted by molar-refractivity contribution is -0.121. The van der Waals surface area contributed by atoms with Crippen molar-refractivity contribution >= 4 is 5.91 Å². The fraction of sp³-hybridized carbons (Fsp3) is 0.417. The second-order valence-corrected chi connectivity index (χ2v) is 3.74. The first-order valence-corrected chi connectivity index (χ1v) is 5.51. The van der Waals surface area contributed by atoms with Crippen molar-refractivity contribution in [2.45, 2.75) is 19.4 Å². The molecule has 0 aliphatic heterocycles. The second kappa shape index (κ2) is 6.85. The molecule has 1 atom stereocenters. The maximum absolute atomic E-state index is 12.6. The van der Waals surface area contributed by atoms with Crippen LogP contribution in [0.2, 0.25) is 0 Å². The third kappa shape index (κ3) is 5.31. The van der Waals surface area contributed by atoms with Crippen molar-refractivity contribution in [1.29, 1.82) is 0 Å². The van der Waals surface area contributed by atoms with Crippen LogP contribution in [0.1, 0.15) is 13.3 Å². The molecule has 0 aliphatic rings. The van der Waals surface area contributed by atoms with Gasteiger partial charge in [0.2, 0.25) is 5.91 Å². The van der Waals surface area contributed by atoms with E-state index in [2.05, 4.69) is 5.32 Å². The molecule has 0 saturated heterocycles. The maximum Gasteiger partial charge on any atom is 0.236 e. The summed E-state index contributed by atoms with van der Waals surface area (Å²) in [7, 11) is 0. The average Bonchev–Trinajstić information content (AvgIpc) is 2.30. The molecule has 0 aliphatic carbocycles. The van der Waals surface area contributed by atoms with Crippen molar-refractivity contribution in [3.63, 3.8) is 0 Å². The number of carbonyl (C=O) groups is 1. The fourth-order valence-corrected chi connectivity index (χ4v) is 1.17. The van der Waals surface area contributed by atoms with Crippen LogP contribution in [0.5, 0.6) is 5.75 Å². The third-order valence-electron chi connectivity index (χ3n) is 2.12. The number of nitrogens with one attached hydrogen (secondary N) is 1. The minimum atomic E-state index is -0.493. The first-order valence-electron chi connectivity index (χ1n) is 5.51. The van der Waals surface area contributed by atoms with Crippen molar-refractivity contribution in [2.24, 2.45) is 5.73 Å². The highest BCUT2D eigenvalue weighted by Crippen LogP contribution is 2.10. The summed E-state index contributed by atoms with van der Waals surface area (Å²) in [6.45, 7) is 2.61. The SMILES string of the molecule is CC(N)C(=O)NCCCOc1ccc(F)cc1. The van der Waals surface area contributed by atoms with Gasteiger partial charge in [-0.3, -0.25) is 4.79 Å². The standard InChI is InChI=1S/C12H17FN2O2/c1-9(14)12(16)15-7-2-8-17-11-5-3-10(13)4-6-11/h3-6,9H,2,7-8,14H2,1H3,(H,15,16). The topological polar surface area (TPSA) is 64.4 Å². The summed E-state index contributed by atoms with van der Waals surface area (Å²) < 4.78 is 17.9. The van der Waals surface area contributed by atoms with Gasteiger partial charge in [0.15, 0.2) is 0 Å². The van der Waals surface area contributed by atoms with Crippen LogP contribution in [0.4, 0.5) is 4.39 Å². The molecule has 5 heteroatoms. The average molecular weight is 240 g/mol. The second-order valence-electron chi connectivity index (χ2n) is 3.74. The summed E-state index contributed by atoms with van der Waals surface area (Å²) in [6.07, 6.45) is 0.676. The van der Waals surface area contributed by atoms with Crippen molar-refractivity contribution in [3.8, 4) is 5.75 Å². The van der Waals surface area contributed by atoms with Crippen LogP contribution in [-0.4, -0.2) is 25.1 Å². The van der Waals surface area contributed by atoms with Crippen molar-refractivity contribution < 1.29 is 13.9 Å². The van der Waals surface area contributed by atoms with E-state index >= 15 is 0 Å². The van der Waals surface area contributed by atoms with E-state index in [-0.39, 0.29) is 11.7 Å². The highest BCUT2D eigenvalue weighted by Gasteiger charge is 2.04. The summed E-state index contributed by atoms with van der Waals surface area (Å²) >= 11 is 0. The Balaban J connectivity index is 2.12. The Morgan fingerprint density at radius 3 is 2.71 bits per heavy atom. The number of rotatable bonds is 6. The van der Waals surface area contributed by atoms with Gasteiger partial charge in [-0.05, 0) is 37.6 Å². The fourth-order valence-electron chi connectivity index (χ4n) is 1.17. The molecule has 0 radical (unpaired) electrons. The Kier molecular flexibility index (Phi) is 5.42. The number of ether oxygens (including phenoxy) is 1. The predicted molar refractivity (Wildman–Crippen MR) is 63.2 cm³/mol. The van der Waals surface area contributed by atoms with E-state index in [9.17, 15) is 9.18 Å². The molecule has 1 amide bonds. The molecular formula is C12H17FN2O2. The Bertz CT molecular complexity index is 352. The lowest BCUT2D eigenvalue weighted by Crippen LogP contribution is -2.38. The molecule has 1 aromatic rings. The lowest BCUT2D eigenvalue weighted by Gasteiger charge is -2.08. The van der Waals surface area contributed by atoms with Gasteiger partial charge in [-0.1, -0.05) is 0 Å². The number of halogens is 1. The summed E-state index contributed by atoms with van der Waals surface area (Å²) in [5, 5.41) is 2.67. The summed E-state index contributed by atoms with van der Waals surface area (Å²) in [6, 6.07) is 5.32. The number of amides is 1. The molecule has 0 aromatic heterocycles. The van der Waals surface area contributed by atoms with Gasteiger partial charge in [0.05, 0.1) is 12.6 Å². The summed E-state index contributed by atoms with van der Waals surface area (Å²) in [5.74, 6) is 0.151.